The van der Waals surface area contributed by atoms with Gasteiger partial charge in [0.1, 0.15) is 0 Å². The molecule has 1 aromatic rings. The van der Waals surface area contributed by atoms with Crippen molar-refractivity contribution < 1.29 is 0 Å². The van der Waals surface area contributed by atoms with Crippen LogP contribution in [0.5, 0.6) is 0 Å². The average Bonchev–Trinajstić information content (AvgIpc) is 3.00. The minimum atomic E-state index is 0.591. The number of benzene rings is 1. The normalized spacial score (nSPS) is 15.6. The van der Waals surface area contributed by atoms with Crippen molar-refractivity contribution in [3.8, 4) is 0 Å². The average molecular weight is 255 g/mol. The molecule has 2 rings (SSSR count). The van der Waals surface area contributed by atoms with E-state index in [4.69, 9.17) is 5.73 Å². The standard InChI is InChI=1S/C11H15BrN2/c1-14(9-4-5-9)10-3-2-8(7-13)11(12)6-10/h2-3,6,9H,4-5,7,13H2,1H3. The highest BCUT2D eigenvalue weighted by Gasteiger charge is 2.26. The first-order valence-corrected chi connectivity index (χ1v) is 5.73. The van der Waals surface area contributed by atoms with Crippen LogP contribution < -0.4 is 10.6 Å². The third kappa shape index (κ3) is 1.93. The summed E-state index contributed by atoms with van der Waals surface area (Å²) >= 11 is 3.54. The Morgan fingerprint density at radius 1 is 1.50 bits per heavy atom. The maximum absolute atomic E-state index is 5.61. The summed E-state index contributed by atoms with van der Waals surface area (Å²) in [6.07, 6.45) is 2.65. The van der Waals surface area contributed by atoms with Crippen molar-refractivity contribution in [2.45, 2.75) is 25.4 Å². The molecule has 2 nitrogen and oxygen atoms in total. The van der Waals surface area contributed by atoms with Crippen molar-refractivity contribution >= 4 is 21.6 Å². The van der Waals surface area contributed by atoms with Crippen molar-refractivity contribution in [1.29, 1.82) is 0 Å². The van der Waals surface area contributed by atoms with Gasteiger partial charge in [-0.15, -0.1) is 0 Å². The maximum atomic E-state index is 5.61. The van der Waals surface area contributed by atoms with E-state index in [1.807, 2.05) is 0 Å². The number of anilines is 1. The van der Waals surface area contributed by atoms with Gasteiger partial charge < -0.3 is 10.6 Å². The highest BCUT2D eigenvalue weighted by molar-refractivity contribution is 9.10. The van der Waals surface area contributed by atoms with Gasteiger partial charge in [0.2, 0.25) is 0 Å². The van der Waals surface area contributed by atoms with Gasteiger partial charge in [0, 0.05) is 29.8 Å². The summed E-state index contributed by atoms with van der Waals surface area (Å²) in [7, 11) is 2.15. The zero-order valence-electron chi connectivity index (χ0n) is 8.33. The monoisotopic (exact) mass is 254 g/mol. The molecule has 2 N–H and O–H groups in total. The van der Waals surface area contributed by atoms with Gasteiger partial charge in [-0.05, 0) is 30.5 Å². The molecule has 1 aliphatic carbocycles. The highest BCUT2D eigenvalue weighted by Crippen LogP contribution is 2.32. The largest absolute Gasteiger partial charge is 0.372 e. The van der Waals surface area contributed by atoms with E-state index in [-0.39, 0.29) is 0 Å². The molecule has 0 aliphatic heterocycles. The van der Waals surface area contributed by atoms with E-state index in [9.17, 15) is 0 Å². The van der Waals surface area contributed by atoms with Crippen molar-refractivity contribution in [2.24, 2.45) is 5.73 Å². The van der Waals surface area contributed by atoms with E-state index >= 15 is 0 Å². The predicted molar refractivity (Wildman–Crippen MR) is 63.5 cm³/mol. The van der Waals surface area contributed by atoms with Crippen LogP contribution in [0, 0.1) is 0 Å². The number of hydrogen-bond donors (Lipinski definition) is 1. The zero-order chi connectivity index (χ0) is 10.1. The van der Waals surface area contributed by atoms with Crippen LogP contribution >= 0.6 is 15.9 Å². The Labute approximate surface area is 93.2 Å². The number of halogens is 1. The predicted octanol–water partition coefficient (Wildman–Crippen LogP) is 2.51. The lowest BCUT2D eigenvalue weighted by atomic mass is 10.2. The molecule has 0 radical (unpaired) electrons. The van der Waals surface area contributed by atoms with E-state index in [1.54, 1.807) is 0 Å². The summed E-state index contributed by atoms with van der Waals surface area (Å²) in [5.74, 6) is 0. The van der Waals surface area contributed by atoms with Crippen molar-refractivity contribution in [3.63, 3.8) is 0 Å². The second-order valence-corrected chi connectivity index (χ2v) is 4.68. The molecule has 14 heavy (non-hydrogen) atoms. The van der Waals surface area contributed by atoms with Crippen LogP contribution in [0.1, 0.15) is 18.4 Å². The van der Waals surface area contributed by atoms with Crippen LogP contribution in [0.25, 0.3) is 0 Å². The van der Waals surface area contributed by atoms with Crippen LogP contribution in [-0.4, -0.2) is 13.1 Å². The van der Waals surface area contributed by atoms with Crippen LogP contribution in [0.15, 0.2) is 22.7 Å². The molecule has 0 saturated heterocycles. The molecule has 0 amide bonds. The van der Waals surface area contributed by atoms with Gasteiger partial charge in [-0.25, -0.2) is 0 Å². The molecular weight excluding hydrogens is 240 g/mol. The van der Waals surface area contributed by atoms with Crippen LogP contribution in [-0.2, 0) is 6.54 Å². The summed E-state index contributed by atoms with van der Waals surface area (Å²) in [6.45, 7) is 0.591. The summed E-state index contributed by atoms with van der Waals surface area (Å²) in [5.41, 5.74) is 8.04. The fraction of sp³-hybridized carbons (Fsp3) is 0.455. The number of nitrogens with zero attached hydrogens (tertiary/aromatic N) is 1. The SMILES string of the molecule is CN(c1ccc(CN)c(Br)c1)C1CC1. The van der Waals surface area contributed by atoms with Crippen LogP contribution in [0.3, 0.4) is 0 Å². The molecule has 1 fully saturated rings. The van der Waals surface area contributed by atoms with Crippen LogP contribution in [0.2, 0.25) is 0 Å². The smallest absolute Gasteiger partial charge is 0.0377 e. The highest BCUT2D eigenvalue weighted by atomic mass is 79.9. The van der Waals surface area contributed by atoms with Gasteiger partial charge in [-0.1, -0.05) is 22.0 Å². The topological polar surface area (TPSA) is 29.3 Å². The maximum Gasteiger partial charge on any atom is 0.0377 e. The molecule has 1 aromatic carbocycles. The minimum absolute atomic E-state index is 0.591. The Balaban J connectivity index is 2.22. The lowest BCUT2D eigenvalue weighted by Crippen LogP contribution is -2.19. The lowest BCUT2D eigenvalue weighted by molar-refractivity contribution is 0.914. The molecule has 0 atom stereocenters. The Morgan fingerprint density at radius 2 is 2.21 bits per heavy atom. The van der Waals surface area contributed by atoms with E-state index in [0.29, 0.717) is 6.54 Å². The molecular formula is C11H15BrN2. The fourth-order valence-electron chi connectivity index (χ4n) is 1.59. The zero-order valence-corrected chi connectivity index (χ0v) is 9.92. The number of rotatable bonds is 3. The van der Waals surface area contributed by atoms with Crippen molar-refractivity contribution in [3.05, 3.63) is 28.2 Å². The number of nitrogens with two attached hydrogens (primary N) is 1. The van der Waals surface area contributed by atoms with Gasteiger partial charge in [0.25, 0.3) is 0 Å². The van der Waals surface area contributed by atoms with E-state index < -0.39 is 0 Å². The minimum Gasteiger partial charge on any atom is -0.372 e. The van der Waals surface area contributed by atoms with Crippen molar-refractivity contribution in [2.75, 3.05) is 11.9 Å². The summed E-state index contributed by atoms with van der Waals surface area (Å²) in [5, 5.41) is 0. The first kappa shape index (κ1) is 9.99. The van der Waals surface area contributed by atoms with Gasteiger partial charge in [-0.2, -0.15) is 0 Å². The fourth-order valence-corrected chi connectivity index (χ4v) is 2.12. The Bertz CT molecular complexity index is 334. The van der Waals surface area contributed by atoms with Gasteiger partial charge in [0.05, 0.1) is 0 Å². The van der Waals surface area contributed by atoms with E-state index in [1.165, 1.54) is 18.5 Å². The quantitative estimate of drug-likeness (QED) is 0.899. The third-order valence-electron chi connectivity index (χ3n) is 2.76. The Kier molecular flexibility index (Phi) is 2.79. The summed E-state index contributed by atoms with van der Waals surface area (Å²) in [6, 6.07) is 7.15. The van der Waals surface area contributed by atoms with E-state index in [0.717, 1.165) is 16.1 Å². The lowest BCUT2D eigenvalue weighted by Gasteiger charge is -2.19. The Hall–Kier alpha value is -0.540. The second kappa shape index (κ2) is 3.91. The molecule has 0 heterocycles. The van der Waals surface area contributed by atoms with Crippen LogP contribution in [0.4, 0.5) is 5.69 Å². The molecule has 0 spiro atoms. The molecule has 1 aliphatic rings. The third-order valence-corrected chi connectivity index (χ3v) is 3.50. The Morgan fingerprint density at radius 3 is 2.71 bits per heavy atom. The second-order valence-electron chi connectivity index (χ2n) is 3.82. The molecule has 76 valence electrons. The molecule has 1 saturated carbocycles. The summed E-state index contributed by atoms with van der Waals surface area (Å²) in [4.78, 5) is 2.34. The number of hydrogen-bond acceptors (Lipinski definition) is 2. The first-order valence-electron chi connectivity index (χ1n) is 4.93. The molecule has 0 unspecified atom stereocenters. The van der Waals surface area contributed by atoms with Gasteiger partial charge in [-0.3, -0.25) is 0 Å². The summed E-state index contributed by atoms with van der Waals surface area (Å²) < 4.78 is 1.12. The van der Waals surface area contributed by atoms with E-state index in [2.05, 4.69) is 46.1 Å². The molecule has 3 heteroatoms. The molecule has 0 aromatic heterocycles. The van der Waals surface area contributed by atoms with Crippen molar-refractivity contribution in [1.82, 2.24) is 0 Å². The molecule has 0 bridgehead atoms. The first-order chi connectivity index (χ1) is 6.72. The van der Waals surface area contributed by atoms with Gasteiger partial charge in [0.15, 0.2) is 0 Å². The van der Waals surface area contributed by atoms with Gasteiger partial charge >= 0.3 is 0 Å².